The van der Waals surface area contributed by atoms with Gasteiger partial charge in [0.05, 0.1) is 12.7 Å². The minimum Gasteiger partial charge on any atom is -0.465 e. The van der Waals surface area contributed by atoms with Crippen LogP contribution in [0.2, 0.25) is 0 Å². The maximum Gasteiger partial charge on any atom is 0.471 e. The van der Waals surface area contributed by atoms with Crippen molar-refractivity contribution < 1.29 is 41.8 Å². The molecule has 160 valence electrons. The topological polar surface area (TPSA) is 98.8 Å². The molecule has 10 heteroatoms. The molecule has 0 saturated carbocycles. The van der Waals surface area contributed by atoms with Crippen molar-refractivity contribution in [3.63, 3.8) is 0 Å². The van der Waals surface area contributed by atoms with Crippen LogP contribution in [0.15, 0.2) is 18.2 Å². The molecule has 0 saturated heterocycles. The third kappa shape index (κ3) is 5.55. The smallest absolute Gasteiger partial charge is 0.465 e. The first kappa shape index (κ1) is 24.1. The number of Topliss-reactive ketones (excluding diaryl/α,β-unsaturated/α-hetero) is 1. The number of ether oxygens (including phenoxy) is 2. The predicted octanol–water partition coefficient (Wildman–Crippen LogP) is 3.16. The summed E-state index contributed by atoms with van der Waals surface area (Å²) in [5, 5.41) is 1.64. The molecule has 0 aromatic heterocycles. The standard InChI is InChI=1S/C19H22F3NO6/c1-10(24)18(5,16(27)29-17(2,3)4)12-9-11(14(25)28-6)7-8-13(12)23-15(26)19(20,21)22/h7-9H,1-6H3,(H,23,26)/t18-/m0/s1. The Labute approximate surface area is 165 Å². The molecule has 29 heavy (non-hydrogen) atoms. The second-order valence-electron chi connectivity index (χ2n) is 7.39. The highest BCUT2D eigenvalue weighted by molar-refractivity contribution is 6.11. The van der Waals surface area contributed by atoms with E-state index in [0.717, 1.165) is 39.2 Å². The summed E-state index contributed by atoms with van der Waals surface area (Å²) in [7, 11) is 1.08. The molecule has 1 N–H and O–H groups in total. The quantitative estimate of drug-likeness (QED) is 0.584. The van der Waals surface area contributed by atoms with Gasteiger partial charge in [0.1, 0.15) is 11.0 Å². The predicted molar refractivity (Wildman–Crippen MR) is 96.3 cm³/mol. The summed E-state index contributed by atoms with van der Waals surface area (Å²) < 4.78 is 48.0. The van der Waals surface area contributed by atoms with Gasteiger partial charge < -0.3 is 14.8 Å². The van der Waals surface area contributed by atoms with Crippen molar-refractivity contribution in [1.82, 2.24) is 0 Å². The lowest BCUT2D eigenvalue weighted by Gasteiger charge is -2.31. The normalized spacial score (nSPS) is 13.8. The van der Waals surface area contributed by atoms with Gasteiger partial charge in [0.25, 0.3) is 0 Å². The summed E-state index contributed by atoms with van der Waals surface area (Å²) in [4.78, 5) is 48.5. The number of carbonyl (C=O) groups excluding carboxylic acids is 4. The molecule has 0 spiro atoms. The van der Waals surface area contributed by atoms with Crippen LogP contribution in [0.5, 0.6) is 0 Å². The lowest BCUT2D eigenvalue weighted by atomic mass is 9.77. The molecule has 0 heterocycles. The number of esters is 2. The number of hydrogen-bond donors (Lipinski definition) is 1. The molecule has 1 aromatic carbocycles. The van der Waals surface area contributed by atoms with Gasteiger partial charge in [-0.1, -0.05) is 0 Å². The third-order valence-corrected chi connectivity index (χ3v) is 4.00. The summed E-state index contributed by atoms with van der Waals surface area (Å²) in [6, 6.07) is 3.09. The zero-order valence-corrected chi connectivity index (χ0v) is 16.8. The zero-order chi connectivity index (χ0) is 22.8. The Balaban J connectivity index is 3.70. The van der Waals surface area contributed by atoms with E-state index >= 15 is 0 Å². The molecule has 0 aliphatic heterocycles. The van der Waals surface area contributed by atoms with E-state index in [9.17, 15) is 32.3 Å². The van der Waals surface area contributed by atoms with Gasteiger partial charge in [-0.25, -0.2) is 4.79 Å². The van der Waals surface area contributed by atoms with E-state index in [1.54, 1.807) is 26.1 Å². The Morgan fingerprint density at radius 2 is 1.55 bits per heavy atom. The molecule has 1 amide bonds. The van der Waals surface area contributed by atoms with E-state index in [4.69, 9.17) is 4.74 Å². The summed E-state index contributed by atoms with van der Waals surface area (Å²) in [5.41, 5.74) is -4.05. The Morgan fingerprint density at radius 1 is 1.00 bits per heavy atom. The Morgan fingerprint density at radius 3 is 1.97 bits per heavy atom. The van der Waals surface area contributed by atoms with Crippen molar-refractivity contribution in [2.45, 2.75) is 51.8 Å². The lowest BCUT2D eigenvalue weighted by Crippen LogP contribution is -2.45. The Kier molecular flexibility index (Phi) is 6.84. The number of nitrogens with one attached hydrogen (secondary N) is 1. The number of rotatable bonds is 5. The fraction of sp³-hybridized carbons (Fsp3) is 0.474. The zero-order valence-electron chi connectivity index (χ0n) is 16.8. The number of alkyl halides is 3. The van der Waals surface area contributed by atoms with Crippen LogP contribution in [-0.4, -0.2) is 42.5 Å². The summed E-state index contributed by atoms with van der Waals surface area (Å²) in [6.07, 6.45) is -5.21. The molecular formula is C19H22F3NO6. The van der Waals surface area contributed by atoms with Gasteiger partial charge in [0.2, 0.25) is 0 Å². The monoisotopic (exact) mass is 417 g/mol. The number of ketones is 1. The first-order valence-corrected chi connectivity index (χ1v) is 8.39. The van der Waals surface area contributed by atoms with Crippen molar-refractivity contribution in [3.8, 4) is 0 Å². The number of benzene rings is 1. The minimum absolute atomic E-state index is 0.136. The van der Waals surface area contributed by atoms with Crippen LogP contribution >= 0.6 is 0 Å². The van der Waals surface area contributed by atoms with Gasteiger partial charge >= 0.3 is 24.0 Å². The lowest BCUT2D eigenvalue weighted by molar-refractivity contribution is -0.167. The van der Waals surface area contributed by atoms with Gasteiger partial charge in [-0.15, -0.1) is 0 Å². The molecule has 0 bridgehead atoms. The summed E-state index contributed by atoms with van der Waals surface area (Å²) >= 11 is 0. The molecule has 7 nitrogen and oxygen atoms in total. The van der Waals surface area contributed by atoms with Crippen LogP contribution in [-0.2, 0) is 29.3 Å². The van der Waals surface area contributed by atoms with Gasteiger partial charge in [-0.2, -0.15) is 13.2 Å². The number of carbonyl (C=O) groups is 4. The molecule has 0 radical (unpaired) electrons. The highest BCUT2D eigenvalue weighted by atomic mass is 19.4. The average Bonchev–Trinajstić information content (AvgIpc) is 2.57. The van der Waals surface area contributed by atoms with Crippen LogP contribution in [0.1, 0.15) is 50.5 Å². The molecule has 0 unspecified atom stereocenters. The van der Waals surface area contributed by atoms with E-state index in [1.807, 2.05) is 0 Å². The van der Waals surface area contributed by atoms with Crippen molar-refractivity contribution in [3.05, 3.63) is 29.3 Å². The first-order valence-electron chi connectivity index (χ1n) is 8.39. The highest BCUT2D eigenvalue weighted by Crippen LogP contribution is 2.35. The van der Waals surface area contributed by atoms with E-state index in [2.05, 4.69) is 4.74 Å². The van der Waals surface area contributed by atoms with Crippen LogP contribution in [0.4, 0.5) is 18.9 Å². The van der Waals surface area contributed by atoms with E-state index in [-0.39, 0.29) is 11.1 Å². The maximum atomic E-state index is 12.8. The highest BCUT2D eigenvalue weighted by Gasteiger charge is 2.46. The van der Waals surface area contributed by atoms with Crippen LogP contribution < -0.4 is 5.32 Å². The molecule has 0 aliphatic rings. The second-order valence-corrected chi connectivity index (χ2v) is 7.39. The van der Waals surface area contributed by atoms with Crippen molar-refractivity contribution in [2.75, 3.05) is 12.4 Å². The van der Waals surface area contributed by atoms with Gasteiger partial charge in [-0.05, 0) is 52.8 Å². The van der Waals surface area contributed by atoms with Crippen LogP contribution in [0.3, 0.4) is 0 Å². The molecule has 1 atom stereocenters. The maximum absolute atomic E-state index is 12.8. The van der Waals surface area contributed by atoms with Crippen molar-refractivity contribution in [2.24, 2.45) is 0 Å². The molecule has 0 fully saturated rings. The molecule has 1 rings (SSSR count). The summed E-state index contributed by atoms with van der Waals surface area (Å²) in [6.45, 7) is 6.82. The number of halogens is 3. The minimum atomic E-state index is -5.21. The molecular weight excluding hydrogens is 395 g/mol. The number of methoxy groups -OCH3 is 1. The Bertz CT molecular complexity index is 841. The second kappa shape index (κ2) is 8.22. The SMILES string of the molecule is COC(=O)c1ccc(NC(=O)C(F)(F)F)c([C@](C)(C(C)=O)C(=O)OC(C)(C)C)c1. The van der Waals surface area contributed by atoms with Crippen LogP contribution in [0, 0.1) is 0 Å². The Hall–Kier alpha value is -2.91. The van der Waals surface area contributed by atoms with Crippen LogP contribution in [0.25, 0.3) is 0 Å². The number of hydrogen-bond acceptors (Lipinski definition) is 6. The number of amides is 1. The van der Waals surface area contributed by atoms with Crippen molar-refractivity contribution in [1.29, 1.82) is 0 Å². The average molecular weight is 417 g/mol. The first-order chi connectivity index (χ1) is 13.0. The van der Waals surface area contributed by atoms with Gasteiger partial charge in [-0.3, -0.25) is 14.4 Å². The number of anilines is 1. The van der Waals surface area contributed by atoms with Crippen molar-refractivity contribution >= 4 is 29.3 Å². The molecule has 0 aliphatic carbocycles. The fourth-order valence-corrected chi connectivity index (χ4v) is 2.33. The largest absolute Gasteiger partial charge is 0.471 e. The molecule has 1 aromatic rings. The summed E-state index contributed by atoms with van der Waals surface area (Å²) in [5.74, 6) is -4.98. The van der Waals surface area contributed by atoms with E-state index in [1.165, 1.54) is 0 Å². The fourth-order valence-electron chi connectivity index (χ4n) is 2.33. The van der Waals surface area contributed by atoms with E-state index in [0.29, 0.717) is 0 Å². The van der Waals surface area contributed by atoms with Gasteiger partial charge in [0, 0.05) is 11.3 Å². The van der Waals surface area contributed by atoms with Gasteiger partial charge in [0.15, 0.2) is 5.78 Å². The third-order valence-electron chi connectivity index (χ3n) is 4.00. The van der Waals surface area contributed by atoms with E-state index < -0.39 is 46.5 Å².